The molecule has 1 fully saturated rings. The van der Waals surface area contributed by atoms with E-state index in [1.54, 1.807) is 6.07 Å². The quantitative estimate of drug-likeness (QED) is 0.888. The summed E-state index contributed by atoms with van der Waals surface area (Å²) in [6.45, 7) is 2.25. The van der Waals surface area contributed by atoms with Crippen LogP contribution in [-0.4, -0.2) is 12.1 Å². The van der Waals surface area contributed by atoms with Crippen molar-refractivity contribution in [3.8, 4) is 0 Å². The van der Waals surface area contributed by atoms with Gasteiger partial charge in [0, 0.05) is 16.6 Å². The van der Waals surface area contributed by atoms with Crippen molar-refractivity contribution < 1.29 is 4.39 Å². The second-order valence-electron chi connectivity index (χ2n) is 4.97. The number of benzene rings is 1. The van der Waals surface area contributed by atoms with E-state index in [0.717, 1.165) is 17.3 Å². The Hall–Kier alpha value is -0.410. The van der Waals surface area contributed by atoms with Crippen LogP contribution in [0.1, 0.15) is 38.2 Å². The Morgan fingerprint density at radius 2 is 2.24 bits per heavy atom. The molecular formula is C14H19BrFN. The number of halogens is 2. The number of rotatable bonds is 3. The zero-order chi connectivity index (χ0) is 12.3. The summed E-state index contributed by atoms with van der Waals surface area (Å²) in [5, 5.41) is 3.63. The molecule has 2 atom stereocenters. The summed E-state index contributed by atoms with van der Waals surface area (Å²) in [7, 11) is 0. The maximum Gasteiger partial charge on any atom is 0.124 e. The van der Waals surface area contributed by atoms with Crippen molar-refractivity contribution in [2.24, 2.45) is 0 Å². The Bertz CT molecular complexity index is 380. The fourth-order valence-corrected chi connectivity index (χ4v) is 3.07. The van der Waals surface area contributed by atoms with Gasteiger partial charge in [0.05, 0.1) is 0 Å². The van der Waals surface area contributed by atoms with Crippen LogP contribution in [0.3, 0.4) is 0 Å². The lowest BCUT2D eigenvalue weighted by atomic mass is 9.95. The molecule has 1 heterocycles. The Kier molecular flexibility index (Phi) is 4.57. The van der Waals surface area contributed by atoms with E-state index in [1.807, 2.05) is 6.07 Å². The molecule has 94 valence electrons. The van der Waals surface area contributed by atoms with Crippen LogP contribution in [0.25, 0.3) is 0 Å². The van der Waals surface area contributed by atoms with Gasteiger partial charge < -0.3 is 5.32 Å². The molecule has 1 saturated heterocycles. The van der Waals surface area contributed by atoms with Gasteiger partial charge in [-0.15, -0.1) is 0 Å². The molecule has 0 radical (unpaired) electrons. The Balaban J connectivity index is 1.88. The van der Waals surface area contributed by atoms with Gasteiger partial charge in [0.2, 0.25) is 0 Å². The molecule has 17 heavy (non-hydrogen) atoms. The molecule has 1 N–H and O–H groups in total. The van der Waals surface area contributed by atoms with Crippen LogP contribution in [0.2, 0.25) is 0 Å². The van der Waals surface area contributed by atoms with Gasteiger partial charge in [-0.1, -0.05) is 28.4 Å². The normalized spacial score (nSPS) is 24.9. The third-order valence-corrected chi connectivity index (χ3v) is 4.23. The number of hydrogen-bond acceptors (Lipinski definition) is 1. The van der Waals surface area contributed by atoms with E-state index < -0.39 is 0 Å². The van der Waals surface area contributed by atoms with E-state index in [9.17, 15) is 4.39 Å². The van der Waals surface area contributed by atoms with Crippen molar-refractivity contribution in [3.63, 3.8) is 0 Å². The third-order valence-electron chi connectivity index (χ3n) is 3.49. The van der Waals surface area contributed by atoms with E-state index in [1.165, 1.54) is 30.9 Å². The maximum absolute atomic E-state index is 13.0. The first-order chi connectivity index (χ1) is 8.15. The van der Waals surface area contributed by atoms with E-state index in [0.29, 0.717) is 12.1 Å². The first-order valence-electron chi connectivity index (χ1n) is 6.35. The van der Waals surface area contributed by atoms with Crippen LogP contribution in [-0.2, 0) is 6.42 Å². The summed E-state index contributed by atoms with van der Waals surface area (Å²) >= 11 is 3.42. The number of nitrogens with one attached hydrogen (secondary N) is 1. The number of aryl methyl sites for hydroxylation is 1. The monoisotopic (exact) mass is 299 g/mol. The molecule has 0 aromatic heterocycles. The smallest absolute Gasteiger partial charge is 0.124 e. The Morgan fingerprint density at radius 3 is 2.94 bits per heavy atom. The predicted octanol–water partition coefficient (Wildman–Crippen LogP) is 4.05. The molecule has 0 amide bonds. The topological polar surface area (TPSA) is 12.0 Å². The molecule has 1 aliphatic rings. The maximum atomic E-state index is 13.0. The molecule has 0 spiro atoms. The van der Waals surface area contributed by atoms with Crippen molar-refractivity contribution in [1.29, 1.82) is 0 Å². The third kappa shape index (κ3) is 3.78. The van der Waals surface area contributed by atoms with E-state index in [2.05, 4.69) is 28.2 Å². The average molecular weight is 300 g/mol. The van der Waals surface area contributed by atoms with Crippen LogP contribution in [0, 0.1) is 5.82 Å². The van der Waals surface area contributed by atoms with Crippen molar-refractivity contribution in [2.75, 3.05) is 0 Å². The van der Waals surface area contributed by atoms with Gasteiger partial charge in [-0.3, -0.25) is 0 Å². The van der Waals surface area contributed by atoms with Gasteiger partial charge in [-0.2, -0.15) is 0 Å². The average Bonchev–Trinajstić information content (AvgIpc) is 2.28. The summed E-state index contributed by atoms with van der Waals surface area (Å²) in [5.74, 6) is -0.176. The first-order valence-corrected chi connectivity index (χ1v) is 7.14. The highest BCUT2D eigenvalue weighted by Gasteiger charge is 2.17. The lowest BCUT2D eigenvalue weighted by molar-refractivity contribution is 0.322. The molecule has 2 unspecified atom stereocenters. The van der Waals surface area contributed by atoms with E-state index >= 15 is 0 Å². The molecule has 0 bridgehead atoms. The highest BCUT2D eigenvalue weighted by molar-refractivity contribution is 9.10. The molecule has 1 aliphatic heterocycles. The highest BCUT2D eigenvalue weighted by atomic mass is 79.9. The van der Waals surface area contributed by atoms with Crippen LogP contribution < -0.4 is 5.32 Å². The molecule has 3 heteroatoms. The number of piperidine rings is 1. The SMILES string of the molecule is CC1CCCC(CCc2ccc(F)cc2Br)N1. The minimum absolute atomic E-state index is 0.176. The molecular weight excluding hydrogens is 281 g/mol. The minimum Gasteiger partial charge on any atom is -0.311 e. The van der Waals surface area contributed by atoms with Gasteiger partial charge in [0.15, 0.2) is 0 Å². The predicted molar refractivity (Wildman–Crippen MR) is 72.7 cm³/mol. The summed E-state index contributed by atoms with van der Waals surface area (Å²) in [5.41, 5.74) is 1.20. The fraction of sp³-hybridized carbons (Fsp3) is 0.571. The summed E-state index contributed by atoms with van der Waals surface area (Å²) in [4.78, 5) is 0. The van der Waals surface area contributed by atoms with E-state index in [-0.39, 0.29) is 5.82 Å². The van der Waals surface area contributed by atoms with Crippen LogP contribution in [0.4, 0.5) is 4.39 Å². The van der Waals surface area contributed by atoms with Crippen LogP contribution in [0.15, 0.2) is 22.7 Å². The highest BCUT2D eigenvalue weighted by Crippen LogP contribution is 2.22. The summed E-state index contributed by atoms with van der Waals surface area (Å²) < 4.78 is 13.8. The fourth-order valence-electron chi connectivity index (χ4n) is 2.52. The second-order valence-corrected chi connectivity index (χ2v) is 5.82. The zero-order valence-electron chi connectivity index (χ0n) is 10.2. The molecule has 1 aromatic carbocycles. The van der Waals surface area contributed by atoms with E-state index in [4.69, 9.17) is 0 Å². The molecule has 0 saturated carbocycles. The standard InChI is InChI=1S/C14H19BrFN/c1-10-3-2-4-13(17-10)8-6-11-5-7-12(16)9-14(11)15/h5,7,9-10,13,17H,2-4,6,8H2,1H3. The first kappa shape index (κ1) is 13.0. The van der Waals surface area contributed by atoms with Gasteiger partial charge >= 0.3 is 0 Å². The summed E-state index contributed by atoms with van der Waals surface area (Å²) in [6, 6.07) is 6.23. The Morgan fingerprint density at radius 1 is 1.41 bits per heavy atom. The molecule has 1 aromatic rings. The number of hydrogen-bond donors (Lipinski definition) is 1. The van der Waals surface area contributed by atoms with Gasteiger partial charge in [0.25, 0.3) is 0 Å². The molecule has 1 nitrogen and oxygen atoms in total. The van der Waals surface area contributed by atoms with Gasteiger partial charge in [-0.25, -0.2) is 4.39 Å². The summed E-state index contributed by atoms with van der Waals surface area (Å²) in [6.07, 6.45) is 6.02. The van der Waals surface area contributed by atoms with Gasteiger partial charge in [-0.05, 0) is 50.3 Å². The lowest BCUT2D eigenvalue weighted by Crippen LogP contribution is -2.40. The Labute approximate surface area is 111 Å². The van der Waals surface area contributed by atoms with Crippen molar-refractivity contribution in [2.45, 2.75) is 51.1 Å². The second kappa shape index (κ2) is 5.96. The zero-order valence-corrected chi connectivity index (χ0v) is 11.8. The van der Waals surface area contributed by atoms with Crippen molar-refractivity contribution >= 4 is 15.9 Å². The van der Waals surface area contributed by atoms with Crippen molar-refractivity contribution in [1.82, 2.24) is 5.32 Å². The minimum atomic E-state index is -0.176. The van der Waals surface area contributed by atoms with Gasteiger partial charge in [0.1, 0.15) is 5.82 Å². The largest absolute Gasteiger partial charge is 0.311 e. The molecule has 2 rings (SSSR count). The van der Waals surface area contributed by atoms with Crippen LogP contribution >= 0.6 is 15.9 Å². The molecule has 0 aliphatic carbocycles. The van der Waals surface area contributed by atoms with Crippen LogP contribution in [0.5, 0.6) is 0 Å². The van der Waals surface area contributed by atoms with Crippen molar-refractivity contribution in [3.05, 3.63) is 34.1 Å². The lowest BCUT2D eigenvalue weighted by Gasteiger charge is -2.28.